The Morgan fingerprint density at radius 2 is 2.25 bits per heavy atom. The van der Waals surface area contributed by atoms with Gasteiger partial charge in [-0.2, -0.15) is 0 Å². The second kappa shape index (κ2) is 3.65. The Hall–Kier alpha value is -0.320. The van der Waals surface area contributed by atoms with Crippen molar-refractivity contribution in [2.45, 2.75) is 0 Å². The fraction of sp³-hybridized carbons (Fsp3) is 0. The minimum absolute atomic E-state index is 0. The van der Waals surface area contributed by atoms with E-state index in [-0.39, 0.29) is 24.0 Å². The number of rotatable bonds is 0. The van der Waals surface area contributed by atoms with Gasteiger partial charge in [-0.1, -0.05) is 0 Å². The third-order valence-electron chi connectivity index (χ3n) is 0.684. The molecule has 0 spiro atoms. The molecule has 0 aliphatic rings. The second-order valence-corrected chi connectivity index (χ2v) is 1.29. The number of hydrogen-bond acceptors (Lipinski definition) is 2. The van der Waals surface area contributed by atoms with Crippen LogP contribution in [0.4, 0.5) is 5.69 Å². The van der Waals surface area contributed by atoms with Crippen molar-refractivity contribution in [3.63, 3.8) is 0 Å². The Kier molecular flexibility index (Phi) is 3.51. The van der Waals surface area contributed by atoms with Gasteiger partial charge in [0, 0.05) is 12.4 Å². The van der Waals surface area contributed by atoms with E-state index in [9.17, 15) is 0 Å². The van der Waals surface area contributed by atoms with Gasteiger partial charge in [0.15, 0.2) is 0 Å². The van der Waals surface area contributed by atoms with Crippen molar-refractivity contribution in [2.24, 2.45) is 0 Å². The summed E-state index contributed by atoms with van der Waals surface area (Å²) in [5, 5.41) is 0. The Balaban J connectivity index is 0.000000490. The lowest BCUT2D eigenvalue weighted by Gasteiger charge is -1.83. The molecule has 0 saturated carbocycles. The molecule has 0 aliphatic carbocycles. The van der Waals surface area contributed by atoms with Crippen LogP contribution in [0.25, 0.3) is 0 Å². The van der Waals surface area contributed by atoms with Gasteiger partial charge in [0.1, 0.15) is 0 Å². The van der Waals surface area contributed by atoms with E-state index >= 15 is 0 Å². The molecule has 0 atom stereocenters. The molecule has 0 radical (unpaired) electrons. The number of hydrogen-bond donors (Lipinski definition) is 1. The molecular weight excluding hydrogens is 215 g/mol. The standard InChI is InChI=1S/C5H6N2.HI/c6-5-2-1-3-7-4-5;/h1-4H,6H2;1H. The first-order valence-electron chi connectivity index (χ1n) is 2.05. The van der Waals surface area contributed by atoms with Crippen LogP contribution in [-0.4, -0.2) is 4.98 Å². The molecule has 0 fully saturated rings. The molecule has 1 aromatic rings. The first-order valence-corrected chi connectivity index (χ1v) is 2.05. The number of nitrogen functional groups attached to an aromatic ring is 1. The monoisotopic (exact) mass is 222 g/mol. The molecule has 0 amide bonds. The smallest absolute Gasteiger partial charge is 0.0500 e. The van der Waals surface area contributed by atoms with Crippen LogP contribution in [0, 0.1) is 0 Å². The Labute approximate surface area is 65.1 Å². The highest BCUT2D eigenvalue weighted by Crippen LogP contribution is 1.92. The summed E-state index contributed by atoms with van der Waals surface area (Å²) in [5.74, 6) is 0. The van der Waals surface area contributed by atoms with E-state index in [1.807, 2.05) is 0 Å². The van der Waals surface area contributed by atoms with Crippen molar-refractivity contribution in [1.29, 1.82) is 0 Å². The average molecular weight is 222 g/mol. The van der Waals surface area contributed by atoms with Crippen molar-refractivity contribution >= 4 is 29.7 Å². The fourth-order valence-corrected chi connectivity index (χ4v) is 0.376. The zero-order valence-corrected chi connectivity index (χ0v) is 6.57. The molecule has 0 saturated heterocycles. The van der Waals surface area contributed by atoms with Crippen LogP contribution in [0.2, 0.25) is 0 Å². The summed E-state index contributed by atoms with van der Waals surface area (Å²) in [6.07, 6.45) is 3.30. The van der Waals surface area contributed by atoms with Crippen molar-refractivity contribution < 1.29 is 0 Å². The van der Waals surface area contributed by atoms with Gasteiger partial charge in [0.05, 0.1) is 5.69 Å². The molecule has 2 N–H and O–H groups in total. The molecule has 2 nitrogen and oxygen atoms in total. The van der Waals surface area contributed by atoms with E-state index in [0.29, 0.717) is 5.69 Å². The first-order chi connectivity index (χ1) is 3.39. The maximum atomic E-state index is 5.30. The van der Waals surface area contributed by atoms with Gasteiger partial charge < -0.3 is 5.73 Å². The predicted molar refractivity (Wildman–Crippen MR) is 44.1 cm³/mol. The van der Waals surface area contributed by atoms with Gasteiger partial charge >= 0.3 is 0 Å². The minimum Gasteiger partial charge on any atom is -0.397 e. The van der Waals surface area contributed by atoms with E-state index in [4.69, 9.17) is 5.73 Å². The molecule has 1 heterocycles. The largest absolute Gasteiger partial charge is 0.397 e. The second-order valence-electron chi connectivity index (χ2n) is 1.29. The van der Waals surface area contributed by atoms with Gasteiger partial charge in [0.25, 0.3) is 0 Å². The summed E-state index contributed by atoms with van der Waals surface area (Å²) in [6.45, 7) is 0. The Morgan fingerprint density at radius 3 is 2.50 bits per heavy atom. The van der Waals surface area contributed by atoms with Crippen molar-refractivity contribution in [2.75, 3.05) is 5.73 Å². The molecule has 1 rings (SSSR count). The highest BCUT2D eigenvalue weighted by atomic mass is 127. The first kappa shape index (κ1) is 7.68. The van der Waals surface area contributed by atoms with Gasteiger partial charge in [-0.25, -0.2) is 0 Å². The maximum Gasteiger partial charge on any atom is 0.0500 e. The van der Waals surface area contributed by atoms with E-state index in [1.54, 1.807) is 24.5 Å². The fourth-order valence-electron chi connectivity index (χ4n) is 0.376. The lowest BCUT2D eigenvalue weighted by molar-refractivity contribution is 1.33. The average Bonchev–Trinajstić information content (AvgIpc) is 1.69. The lowest BCUT2D eigenvalue weighted by atomic mass is 10.4. The van der Waals surface area contributed by atoms with Crippen molar-refractivity contribution in [1.82, 2.24) is 4.98 Å². The summed E-state index contributed by atoms with van der Waals surface area (Å²) < 4.78 is 0. The molecule has 0 bridgehead atoms. The van der Waals surface area contributed by atoms with Crippen LogP contribution in [-0.2, 0) is 0 Å². The normalized spacial score (nSPS) is 7.50. The molecule has 0 aromatic carbocycles. The Morgan fingerprint density at radius 1 is 1.50 bits per heavy atom. The zero-order valence-electron chi connectivity index (χ0n) is 4.24. The number of halogens is 1. The number of pyridine rings is 1. The van der Waals surface area contributed by atoms with Gasteiger partial charge in [-0.05, 0) is 12.1 Å². The third kappa shape index (κ3) is 2.11. The van der Waals surface area contributed by atoms with Gasteiger partial charge in [0.2, 0.25) is 0 Å². The van der Waals surface area contributed by atoms with Gasteiger partial charge in [-0.15, -0.1) is 24.0 Å². The number of aromatic nitrogens is 1. The molecular formula is C5H7IN2. The summed E-state index contributed by atoms with van der Waals surface area (Å²) in [7, 11) is 0. The van der Waals surface area contributed by atoms with Crippen LogP contribution in [0.1, 0.15) is 0 Å². The van der Waals surface area contributed by atoms with Crippen molar-refractivity contribution in [3.05, 3.63) is 24.5 Å². The predicted octanol–water partition coefficient (Wildman–Crippen LogP) is 1.28. The highest BCUT2D eigenvalue weighted by molar-refractivity contribution is 14.0. The number of nitrogens with two attached hydrogens (primary N) is 1. The van der Waals surface area contributed by atoms with E-state index in [1.165, 1.54) is 0 Å². The summed E-state index contributed by atoms with van der Waals surface area (Å²) >= 11 is 0. The maximum absolute atomic E-state index is 5.30. The molecule has 3 heteroatoms. The van der Waals surface area contributed by atoms with Crippen LogP contribution >= 0.6 is 24.0 Å². The van der Waals surface area contributed by atoms with Crippen LogP contribution in [0.15, 0.2) is 24.5 Å². The minimum atomic E-state index is 0. The van der Waals surface area contributed by atoms with Crippen molar-refractivity contribution in [3.8, 4) is 0 Å². The third-order valence-corrected chi connectivity index (χ3v) is 0.684. The van der Waals surface area contributed by atoms with E-state index in [0.717, 1.165) is 0 Å². The number of nitrogens with zero attached hydrogens (tertiary/aromatic N) is 1. The topological polar surface area (TPSA) is 38.9 Å². The molecule has 0 aliphatic heterocycles. The summed E-state index contributed by atoms with van der Waals surface area (Å²) in [6, 6.07) is 3.60. The summed E-state index contributed by atoms with van der Waals surface area (Å²) in [4.78, 5) is 3.76. The van der Waals surface area contributed by atoms with Crippen LogP contribution in [0.5, 0.6) is 0 Å². The van der Waals surface area contributed by atoms with E-state index < -0.39 is 0 Å². The lowest BCUT2D eigenvalue weighted by Crippen LogP contribution is -1.82. The molecule has 44 valence electrons. The molecule has 0 unspecified atom stereocenters. The molecule has 8 heavy (non-hydrogen) atoms. The van der Waals surface area contributed by atoms with E-state index in [2.05, 4.69) is 4.98 Å². The zero-order chi connectivity index (χ0) is 5.11. The number of anilines is 1. The Bertz CT molecular complexity index is 140. The van der Waals surface area contributed by atoms with Crippen LogP contribution < -0.4 is 5.73 Å². The van der Waals surface area contributed by atoms with Crippen LogP contribution in [0.3, 0.4) is 0 Å². The SMILES string of the molecule is I.Nc1cccnc1. The van der Waals surface area contributed by atoms with Gasteiger partial charge in [-0.3, -0.25) is 4.98 Å². The molecule has 1 aromatic heterocycles. The summed E-state index contributed by atoms with van der Waals surface area (Å²) in [5.41, 5.74) is 6.01. The highest BCUT2D eigenvalue weighted by Gasteiger charge is 1.73. The quantitative estimate of drug-likeness (QED) is 0.671.